The van der Waals surface area contributed by atoms with Crippen LogP contribution < -0.4 is 16.0 Å². The van der Waals surface area contributed by atoms with Crippen LogP contribution in [-0.4, -0.2) is 12.5 Å². The zero-order chi connectivity index (χ0) is 11.3. The topological polar surface area (TPSA) is 64.3 Å². The highest BCUT2D eigenvalue weighted by Crippen LogP contribution is 2.25. The third-order valence-electron chi connectivity index (χ3n) is 1.64. The molecule has 1 amide bonds. The SMILES string of the molecule is NNC(=O)CCOc1cc(F)ccc1Br. The summed E-state index contributed by atoms with van der Waals surface area (Å²) in [6.07, 6.45) is 0.124. The summed E-state index contributed by atoms with van der Waals surface area (Å²) in [5.74, 6) is 4.52. The van der Waals surface area contributed by atoms with Gasteiger partial charge in [-0.1, -0.05) is 0 Å². The fraction of sp³-hybridized carbons (Fsp3) is 0.222. The van der Waals surface area contributed by atoms with Crippen LogP contribution in [0.15, 0.2) is 22.7 Å². The number of carbonyl (C=O) groups is 1. The molecule has 0 aliphatic heterocycles. The molecule has 0 aliphatic carbocycles. The fourth-order valence-corrected chi connectivity index (χ4v) is 1.27. The molecule has 1 rings (SSSR count). The molecule has 1 aromatic carbocycles. The molecule has 0 heterocycles. The molecule has 0 saturated heterocycles. The number of amides is 1. The van der Waals surface area contributed by atoms with Gasteiger partial charge in [0, 0.05) is 6.07 Å². The summed E-state index contributed by atoms with van der Waals surface area (Å²) >= 11 is 3.20. The molecular formula is C9H10BrFN2O2. The summed E-state index contributed by atoms with van der Waals surface area (Å²) in [6, 6.07) is 4.08. The number of hydrogen-bond donors (Lipinski definition) is 2. The third-order valence-corrected chi connectivity index (χ3v) is 2.30. The Kier molecular flexibility index (Phi) is 4.51. The number of carbonyl (C=O) groups excluding carboxylic acids is 1. The van der Waals surface area contributed by atoms with Crippen molar-refractivity contribution in [3.8, 4) is 5.75 Å². The molecule has 0 unspecified atom stereocenters. The zero-order valence-corrected chi connectivity index (χ0v) is 9.38. The third kappa shape index (κ3) is 3.85. The number of benzene rings is 1. The van der Waals surface area contributed by atoms with E-state index in [9.17, 15) is 9.18 Å². The minimum atomic E-state index is -0.392. The van der Waals surface area contributed by atoms with Gasteiger partial charge in [0.15, 0.2) is 0 Å². The number of rotatable bonds is 4. The summed E-state index contributed by atoms with van der Waals surface area (Å²) in [5, 5.41) is 0. The number of nitrogens with one attached hydrogen (secondary N) is 1. The van der Waals surface area contributed by atoms with Crippen LogP contribution in [-0.2, 0) is 4.79 Å². The predicted octanol–water partition coefficient (Wildman–Crippen LogP) is 1.35. The normalized spacial score (nSPS) is 9.80. The van der Waals surface area contributed by atoms with Gasteiger partial charge in [-0.25, -0.2) is 10.2 Å². The second-order valence-corrected chi connectivity index (χ2v) is 3.60. The first-order valence-electron chi connectivity index (χ1n) is 4.21. The molecule has 6 heteroatoms. The van der Waals surface area contributed by atoms with Crippen LogP contribution in [0.5, 0.6) is 5.75 Å². The van der Waals surface area contributed by atoms with E-state index in [1.54, 1.807) is 0 Å². The maximum atomic E-state index is 12.8. The van der Waals surface area contributed by atoms with Crippen molar-refractivity contribution in [3.63, 3.8) is 0 Å². The van der Waals surface area contributed by atoms with E-state index in [0.717, 1.165) is 0 Å². The van der Waals surface area contributed by atoms with Crippen LogP contribution in [0.4, 0.5) is 4.39 Å². The van der Waals surface area contributed by atoms with Crippen molar-refractivity contribution in [2.45, 2.75) is 6.42 Å². The van der Waals surface area contributed by atoms with Crippen LogP contribution in [0.25, 0.3) is 0 Å². The van der Waals surface area contributed by atoms with Gasteiger partial charge in [-0.3, -0.25) is 10.2 Å². The first-order valence-corrected chi connectivity index (χ1v) is 5.00. The summed E-state index contributed by atoms with van der Waals surface area (Å²) in [6.45, 7) is 0.144. The molecule has 4 nitrogen and oxygen atoms in total. The highest BCUT2D eigenvalue weighted by Gasteiger charge is 2.04. The fourth-order valence-electron chi connectivity index (χ4n) is 0.914. The average Bonchev–Trinajstić information content (AvgIpc) is 2.23. The van der Waals surface area contributed by atoms with Crippen LogP contribution in [0.3, 0.4) is 0 Å². The second-order valence-electron chi connectivity index (χ2n) is 2.74. The summed E-state index contributed by atoms with van der Waals surface area (Å²) < 4.78 is 18.6. The predicted molar refractivity (Wildman–Crippen MR) is 56.5 cm³/mol. The lowest BCUT2D eigenvalue weighted by Crippen LogP contribution is -2.31. The lowest BCUT2D eigenvalue weighted by atomic mass is 10.3. The lowest BCUT2D eigenvalue weighted by molar-refractivity contribution is -0.121. The van der Waals surface area contributed by atoms with E-state index in [-0.39, 0.29) is 18.9 Å². The van der Waals surface area contributed by atoms with Crippen molar-refractivity contribution in [1.82, 2.24) is 5.43 Å². The summed E-state index contributed by atoms with van der Waals surface area (Å²) in [7, 11) is 0. The van der Waals surface area contributed by atoms with E-state index in [4.69, 9.17) is 10.6 Å². The van der Waals surface area contributed by atoms with Crippen molar-refractivity contribution in [1.29, 1.82) is 0 Å². The first-order chi connectivity index (χ1) is 7.13. The van der Waals surface area contributed by atoms with E-state index in [0.29, 0.717) is 10.2 Å². The van der Waals surface area contributed by atoms with Gasteiger partial charge in [0.1, 0.15) is 11.6 Å². The molecule has 0 saturated carbocycles. The van der Waals surface area contributed by atoms with Gasteiger partial charge >= 0.3 is 0 Å². The van der Waals surface area contributed by atoms with Gasteiger partial charge in [-0.2, -0.15) is 0 Å². The zero-order valence-electron chi connectivity index (χ0n) is 7.80. The van der Waals surface area contributed by atoms with Crippen molar-refractivity contribution < 1.29 is 13.9 Å². The van der Waals surface area contributed by atoms with Crippen molar-refractivity contribution >= 4 is 21.8 Å². The van der Waals surface area contributed by atoms with E-state index in [2.05, 4.69) is 15.9 Å². The Bertz CT molecular complexity index is 360. The minimum absolute atomic E-state index is 0.124. The molecule has 0 aliphatic rings. The van der Waals surface area contributed by atoms with E-state index in [1.807, 2.05) is 5.43 Å². The van der Waals surface area contributed by atoms with Gasteiger partial charge in [0.05, 0.1) is 17.5 Å². The summed E-state index contributed by atoms with van der Waals surface area (Å²) in [5.41, 5.74) is 1.97. The number of ether oxygens (including phenoxy) is 1. The Balaban J connectivity index is 2.50. The Morgan fingerprint density at radius 3 is 3.00 bits per heavy atom. The maximum absolute atomic E-state index is 12.8. The molecule has 0 fully saturated rings. The molecule has 0 atom stereocenters. The molecule has 0 aromatic heterocycles. The standard InChI is InChI=1S/C9H10BrFN2O2/c10-7-2-1-6(11)5-8(7)15-4-3-9(14)13-12/h1-2,5H,3-4,12H2,(H,13,14). The van der Waals surface area contributed by atoms with Crippen LogP contribution >= 0.6 is 15.9 Å². The van der Waals surface area contributed by atoms with E-state index in [1.165, 1.54) is 18.2 Å². The Morgan fingerprint density at radius 2 is 2.33 bits per heavy atom. The van der Waals surface area contributed by atoms with E-state index < -0.39 is 5.82 Å². The van der Waals surface area contributed by atoms with Crippen LogP contribution in [0.2, 0.25) is 0 Å². The van der Waals surface area contributed by atoms with Crippen molar-refractivity contribution in [2.24, 2.45) is 5.84 Å². The smallest absolute Gasteiger partial charge is 0.237 e. The molecule has 0 spiro atoms. The average molecular weight is 277 g/mol. The number of hydrazine groups is 1. The minimum Gasteiger partial charge on any atom is -0.492 e. The van der Waals surface area contributed by atoms with Crippen LogP contribution in [0.1, 0.15) is 6.42 Å². The Labute approximate surface area is 94.7 Å². The molecule has 0 radical (unpaired) electrons. The molecule has 15 heavy (non-hydrogen) atoms. The Hall–Kier alpha value is -1.14. The van der Waals surface area contributed by atoms with Gasteiger partial charge in [-0.05, 0) is 28.1 Å². The lowest BCUT2D eigenvalue weighted by Gasteiger charge is -2.07. The number of hydrogen-bond acceptors (Lipinski definition) is 3. The van der Waals surface area contributed by atoms with Crippen molar-refractivity contribution in [2.75, 3.05) is 6.61 Å². The first kappa shape index (κ1) is 11.9. The van der Waals surface area contributed by atoms with Gasteiger partial charge < -0.3 is 4.74 Å². The second kappa shape index (κ2) is 5.67. The highest BCUT2D eigenvalue weighted by molar-refractivity contribution is 9.10. The molecule has 1 aromatic rings. The number of nitrogens with two attached hydrogens (primary N) is 1. The molecular weight excluding hydrogens is 267 g/mol. The van der Waals surface area contributed by atoms with Crippen molar-refractivity contribution in [3.05, 3.63) is 28.5 Å². The quantitative estimate of drug-likeness (QED) is 0.496. The summed E-state index contributed by atoms with van der Waals surface area (Å²) in [4.78, 5) is 10.8. The molecule has 82 valence electrons. The largest absolute Gasteiger partial charge is 0.492 e. The highest BCUT2D eigenvalue weighted by atomic mass is 79.9. The molecule has 0 bridgehead atoms. The molecule has 3 N–H and O–H groups in total. The van der Waals surface area contributed by atoms with Crippen LogP contribution in [0, 0.1) is 5.82 Å². The maximum Gasteiger partial charge on any atom is 0.237 e. The Morgan fingerprint density at radius 1 is 1.60 bits per heavy atom. The van der Waals surface area contributed by atoms with E-state index >= 15 is 0 Å². The van der Waals surface area contributed by atoms with Gasteiger partial charge in [0.2, 0.25) is 5.91 Å². The van der Waals surface area contributed by atoms with Gasteiger partial charge in [-0.15, -0.1) is 0 Å². The number of halogens is 2. The monoisotopic (exact) mass is 276 g/mol. The van der Waals surface area contributed by atoms with Gasteiger partial charge in [0.25, 0.3) is 0 Å².